The van der Waals surface area contributed by atoms with Gasteiger partial charge in [-0.15, -0.1) is 0 Å². The maximum absolute atomic E-state index is 6.22. The van der Waals surface area contributed by atoms with Gasteiger partial charge >= 0.3 is 0 Å². The van der Waals surface area contributed by atoms with Gasteiger partial charge < -0.3 is 4.43 Å². The van der Waals surface area contributed by atoms with Gasteiger partial charge in [-0.25, -0.2) is 0 Å². The number of hydrogen-bond donors (Lipinski definition) is 0. The van der Waals surface area contributed by atoms with Crippen LogP contribution < -0.4 is 0 Å². The summed E-state index contributed by atoms with van der Waals surface area (Å²) >= 11 is 0. The van der Waals surface area contributed by atoms with E-state index in [2.05, 4.69) is 93.5 Å². The quantitative estimate of drug-likeness (QED) is 0.556. The van der Waals surface area contributed by atoms with Gasteiger partial charge in [0.25, 0.3) is 0 Å². The summed E-state index contributed by atoms with van der Waals surface area (Å²) in [7, 11) is -3.12. The lowest BCUT2D eigenvalue weighted by Gasteiger charge is -2.45. The lowest BCUT2D eigenvalue weighted by Crippen LogP contribution is -2.46. The largest absolute Gasteiger partial charge is 0.418 e. The molecule has 1 aromatic carbocycles. The number of rotatable bonds is 6. The third-order valence-electron chi connectivity index (χ3n) is 5.73. The van der Waals surface area contributed by atoms with Crippen LogP contribution >= 0.6 is 0 Å². The van der Waals surface area contributed by atoms with Crippen LogP contribution in [0.4, 0.5) is 0 Å². The molecule has 2 aliphatic carbocycles. The molecule has 0 bridgehead atoms. The molecule has 2 aliphatic rings. The third-order valence-corrected chi connectivity index (χ3v) is 11.8. The van der Waals surface area contributed by atoms with E-state index in [4.69, 9.17) is 4.43 Å². The minimum atomic E-state index is -1.66. The Morgan fingerprint density at radius 3 is 2.33 bits per heavy atom. The number of fused-ring (bicyclic) bond motifs is 1. The lowest BCUT2D eigenvalue weighted by molar-refractivity contribution is 0.296. The zero-order chi connectivity index (χ0) is 17.4. The average Bonchev–Trinajstić information content (AvgIpc) is 3.13. The zero-order valence-corrected chi connectivity index (χ0v) is 17.7. The summed E-state index contributed by atoms with van der Waals surface area (Å²) in [6, 6.07) is 8.90. The molecule has 1 atom stereocenters. The summed E-state index contributed by atoms with van der Waals surface area (Å²) in [6.07, 6.45) is 15.3. The Balaban J connectivity index is 1.87. The molecule has 0 heterocycles. The van der Waals surface area contributed by atoms with Crippen LogP contribution in [0, 0.1) is 0 Å². The molecular formula is C21H30OSi2. The predicted octanol–water partition coefficient (Wildman–Crippen LogP) is 6.15. The molecule has 0 saturated heterocycles. The maximum Gasteiger partial charge on any atom is 0.183 e. The van der Waals surface area contributed by atoms with Crippen LogP contribution in [0.5, 0.6) is 0 Å². The molecule has 0 spiro atoms. The van der Waals surface area contributed by atoms with Crippen LogP contribution in [0.3, 0.4) is 0 Å². The van der Waals surface area contributed by atoms with Gasteiger partial charge in [-0.3, -0.25) is 0 Å². The van der Waals surface area contributed by atoms with Crippen molar-refractivity contribution in [3.63, 3.8) is 0 Å². The van der Waals surface area contributed by atoms with Crippen LogP contribution in [0.1, 0.15) is 23.1 Å². The van der Waals surface area contributed by atoms with Crippen molar-refractivity contribution in [3.8, 4) is 0 Å². The van der Waals surface area contributed by atoms with Crippen molar-refractivity contribution >= 4 is 22.5 Å². The Morgan fingerprint density at radius 1 is 1.00 bits per heavy atom. The Kier molecular flexibility index (Phi) is 4.62. The van der Waals surface area contributed by atoms with Gasteiger partial charge in [-0.2, -0.15) is 0 Å². The van der Waals surface area contributed by atoms with Gasteiger partial charge in [0.1, 0.15) is 0 Å². The molecule has 0 aliphatic heterocycles. The van der Waals surface area contributed by atoms with Gasteiger partial charge in [0.05, 0.1) is 8.07 Å². The van der Waals surface area contributed by atoms with Crippen molar-refractivity contribution in [1.29, 1.82) is 0 Å². The van der Waals surface area contributed by atoms with Crippen molar-refractivity contribution in [2.75, 3.05) is 6.61 Å². The summed E-state index contributed by atoms with van der Waals surface area (Å²) in [4.78, 5) is 0. The average molecular weight is 355 g/mol. The van der Waals surface area contributed by atoms with Crippen molar-refractivity contribution in [2.45, 2.75) is 49.7 Å². The minimum absolute atomic E-state index is 0.194. The normalized spacial score (nSPS) is 21.5. The highest BCUT2D eigenvalue weighted by molar-refractivity contribution is 6.83. The van der Waals surface area contributed by atoms with Crippen LogP contribution in [0.15, 0.2) is 54.6 Å². The zero-order valence-electron chi connectivity index (χ0n) is 15.7. The summed E-state index contributed by atoms with van der Waals surface area (Å²) in [5.41, 5.74) is 3.50. The second-order valence-corrected chi connectivity index (χ2v) is 18.2. The Bertz CT molecular complexity index is 680. The Labute approximate surface area is 149 Å². The topological polar surface area (TPSA) is 9.23 Å². The summed E-state index contributed by atoms with van der Waals surface area (Å²) in [5, 5.41) is 0.194. The van der Waals surface area contributed by atoms with Crippen molar-refractivity contribution in [3.05, 3.63) is 65.8 Å². The minimum Gasteiger partial charge on any atom is -0.418 e. The van der Waals surface area contributed by atoms with E-state index in [0.29, 0.717) is 5.54 Å². The standard InChI is InChI=1S/C21H30OSi2/c1-23(2,3)22-17-16-21(14-8-9-15-21)24(4,5)20-13-12-18-10-6-7-11-19(18)20/h6-15,20H,16-17H2,1-5H3. The monoisotopic (exact) mass is 354 g/mol. The molecule has 0 aromatic heterocycles. The summed E-state index contributed by atoms with van der Waals surface area (Å²) in [6.45, 7) is 12.8. The van der Waals surface area contributed by atoms with Gasteiger partial charge in [-0.1, -0.05) is 73.8 Å². The van der Waals surface area contributed by atoms with E-state index in [1.54, 1.807) is 0 Å². The fraction of sp³-hybridized carbons (Fsp3) is 0.429. The molecule has 128 valence electrons. The van der Waals surface area contributed by atoms with E-state index < -0.39 is 16.4 Å². The van der Waals surface area contributed by atoms with Gasteiger partial charge in [-0.05, 0) is 42.7 Å². The Hall–Kier alpha value is -1.17. The Morgan fingerprint density at radius 2 is 1.67 bits per heavy atom. The van der Waals surface area contributed by atoms with Crippen LogP contribution in [0.25, 0.3) is 6.08 Å². The van der Waals surface area contributed by atoms with Gasteiger partial charge in [0.2, 0.25) is 0 Å². The molecule has 24 heavy (non-hydrogen) atoms. The van der Waals surface area contributed by atoms with E-state index in [1.807, 2.05) is 0 Å². The van der Waals surface area contributed by atoms with E-state index >= 15 is 0 Å². The van der Waals surface area contributed by atoms with E-state index in [0.717, 1.165) is 13.0 Å². The van der Waals surface area contributed by atoms with Crippen LogP contribution in [-0.4, -0.2) is 23.0 Å². The van der Waals surface area contributed by atoms with E-state index in [1.165, 1.54) is 11.1 Å². The second kappa shape index (κ2) is 6.28. The van der Waals surface area contributed by atoms with Crippen LogP contribution in [0.2, 0.25) is 37.8 Å². The first-order valence-corrected chi connectivity index (χ1v) is 15.5. The molecule has 1 aromatic rings. The molecule has 0 saturated carbocycles. The molecule has 0 amide bonds. The highest BCUT2D eigenvalue weighted by atomic mass is 28.4. The smallest absolute Gasteiger partial charge is 0.183 e. The van der Waals surface area contributed by atoms with Crippen molar-refractivity contribution in [2.24, 2.45) is 0 Å². The van der Waals surface area contributed by atoms with Crippen molar-refractivity contribution in [1.82, 2.24) is 0 Å². The lowest BCUT2D eigenvalue weighted by atomic mass is 10.1. The first kappa shape index (κ1) is 17.7. The highest BCUT2D eigenvalue weighted by Gasteiger charge is 2.49. The highest BCUT2D eigenvalue weighted by Crippen LogP contribution is 2.54. The number of benzene rings is 1. The predicted molar refractivity (Wildman–Crippen MR) is 111 cm³/mol. The van der Waals surface area contributed by atoms with E-state index in [-0.39, 0.29) is 5.04 Å². The molecule has 0 N–H and O–H groups in total. The second-order valence-electron chi connectivity index (χ2n) is 8.66. The van der Waals surface area contributed by atoms with Gasteiger partial charge in [0.15, 0.2) is 8.32 Å². The molecule has 1 unspecified atom stereocenters. The fourth-order valence-corrected chi connectivity index (χ4v) is 8.83. The first-order valence-electron chi connectivity index (χ1n) is 9.03. The molecule has 0 fully saturated rings. The molecule has 3 heteroatoms. The first-order chi connectivity index (χ1) is 11.3. The molecule has 3 rings (SSSR count). The molecular weight excluding hydrogens is 324 g/mol. The molecule has 1 nitrogen and oxygen atoms in total. The van der Waals surface area contributed by atoms with Crippen molar-refractivity contribution < 1.29 is 4.43 Å². The number of hydrogen-bond acceptors (Lipinski definition) is 1. The SMILES string of the molecule is C[Si](C)(C)OCCC1([Si](C)(C)C2C=Cc3ccccc32)C=CC=C1. The maximum atomic E-state index is 6.22. The van der Waals surface area contributed by atoms with Gasteiger partial charge in [0, 0.05) is 11.6 Å². The number of allylic oxidation sites excluding steroid dienone is 5. The summed E-state index contributed by atoms with van der Waals surface area (Å²) < 4.78 is 6.22. The van der Waals surface area contributed by atoms with E-state index in [9.17, 15) is 0 Å². The summed E-state index contributed by atoms with van der Waals surface area (Å²) in [5.74, 6) is 0. The third kappa shape index (κ3) is 3.17. The fourth-order valence-electron chi connectivity index (χ4n) is 4.12. The molecule has 0 radical (unpaired) electrons. The van der Waals surface area contributed by atoms with Crippen LogP contribution in [-0.2, 0) is 4.43 Å².